The third-order valence-electron chi connectivity index (χ3n) is 4.20. The van der Waals surface area contributed by atoms with Crippen molar-refractivity contribution in [1.82, 2.24) is 14.4 Å². The number of imidazole rings is 1. The molecule has 3 heterocycles. The molecule has 3 aromatic heterocycles. The van der Waals surface area contributed by atoms with Crippen LogP contribution < -0.4 is 5.73 Å². The number of nitrogens with zero attached hydrogens (tertiary/aromatic N) is 3. The van der Waals surface area contributed by atoms with Crippen LogP contribution in [0.4, 0.5) is 5.82 Å². The highest BCUT2D eigenvalue weighted by Gasteiger charge is 2.09. The first-order valence-corrected chi connectivity index (χ1v) is 9.42. The van der Waals surface area contributed by atoms with Crippen LogP contribution in [0.1, 0.15) is 20.7 Å². The summed E-state index contributed by atoms with van der Waals surface area (Å²) in [7, 11) is 2.68. The van der Waals surface area contributed by atoms with Crippen LogP contribution in [0.5, 0.6) is 0 Å². The minimum absolute atomic E-state index is 0.313. The molecule has 0 fully saturated rings. The van der Waals surface area contributed by atoms with Gasteiger partial charge < -0.3 is 19.6 Å². The van der Waals surface area contributed by atoms with E-state index in [1.807, 2.05) is 34.9 Å². The maximum Gasteiger partial charge on any atom is 0.338 e. The number of carbonyl (C=O) groups is 2. The maximum atomic E-state index is 11.5. The van der Waals surface area contributed by atoms with Gasteiger partial charge in [0.15, 0.2) is 0 Å². The van der Waals surface area contributed by atoms with Crippen molar-refractivity contribution in [2.24, 2.45) is 0 Å². The molecule has 4 rings (SSSR count). The van der Waals surface area contributed by atoms with Crippen molar-refractivity contribution in [3.63, 3.8) is 0 Å². The molecular weight excluding hydrogens is 420 g/mol. The standard InChI is InChI=1S/C15H11ClN2O2.C7H8N2O2/c1-20-15(19)11-5-6-18-9-13(17-14(18)8-11)10-3-2-4-12(16)7-10;1-11-7(10)5-2-3-9-6(8)4-5/h2-9H,1H3;2-4H,1H3,(H2,8,9). The fourth-order valence-corrected chi connectivity index (χ4v) is 2.90. The second-order valence-electron chi connectivity index (χ2n) is 6.27. The maximum absolute atomic E-state index is 11.5. The van der Waals surface area contributed by atoms with Gasteiger partial charge >= 0.3 is 11.9 Å². The van der Waals surface area contributed by atoms with Gasteiger partial charge in [0.05, 0.1) is 31.0 Å². The smallest absolute Gasteiger partial charge is 0.338 e. The Morgan fingerprint density at radius 3 is 2.35 bits per heavy atom. The molecule has 31 heavy (non-hydrogen) atoms. The number of fused-ring (bicyclic) bond motifs is 1. The number of hydrogen-bond acceptors (Lipinski definition) is 7. The summed E-state index contributed by atoms with van der Waals surface area (Å²) in [6, 6.07) is 13.9. The Labute approximate surface area is 183 Å². The fraction of sp³-hybridized carbons (Fsp3) is 0.0909. The molecule has 0 atom stereocenters. The summed E-state index contributed by atoms with van der Waals surface area (Å²) in [6.45, 7) is 0. The first-order chi connectivity index (χ1) is 14.9. The van der Waals surface area contributed by atoms with Crippen LogP contribution in [0.25, 0.3) is 16.9 Å². The fourth-order valence-electron chi connectivity index (χ4n) is 2.71. The summed E-state index contributed by atoms with van der Waals surface area (Å²) in [5, 5.41) is 0.662. The second-order valence-corrected chi connectivity index (χ2v) is 6.71. The van der Waals surface area contributed by atoms with Gasteiger partial charge in [-0.3, -0.25) is 0 Å². The molecule has 0 saturated heterocycles. The molecule has 0 bridgehead atoms. The third-order valence-corrected chi connectivity index (χ3v) is 4.44. The van der Waals surface area contributed by atoms with Crippen LogP contribution in [0, 0.1) is 0 Å². The lowest BCUT2D eigenvalue weighted by Crippen LogP contribution is -2.02. The monoisotopic (exact) mass is 438 g/mol. The van der Waals surface area contributed by atoms with E-state index >= 15 is 0 Å². The van der Waals surface area contributed by atoms with Crippen LogP contribution >= 0.6 is 11.6 Å². The largest absolute Gasteiger partial charge is 0.465 e. The van der Waals surface area contributed by atoms with E-state index < -0.39 is 5.97 Å². The molecular formula is C22H19ClN4O4. The number of rotatable bonds is 3. The van der Waals surface area contributed by atoms with E-state index in [1.165, 1.54) is 26.5 Å². The number of carbonyl (C=O) groups excluding carboxylic acids is 2. The minimum atomic E-state index is -0.404. The first kappa shape index (κ1) is 21.8. The Hall–Kier alpha value is -3.91. The second kappa shape index (κ2) is 9.73. The number of esters is 2. The van der Waals surface area contributed by atoms with Crippen LogP contribution in [0.15, 0.2) is 67.1 Å². The van der Waals surface area contributed by atoms with E-state index in [-0.39, 0.29) is 5.97 Å². The molecule has 8 nitrogen and oxygen atoms in total. The summed E-state index contributed by atoms with van der Waals surface area (Å²) in [4.78, 5) is 30.6. The third kappa shape index (κ3) is 5.37. The molecule has 0 unspecified atom stereocenters. The highest BCUT2D eigenvalue weighted by molar-refractivity contribution is 6.30. The lowest BCUT2D eigenvalue weighted by atomic mass is 10.2. The van der Waals surface area contributed by atoms with Crippen LogP contribution in [-0.2, 0) is 9.47 Å². The highest BCUT2D eigenvalue weighted by Crippen LogP contribution is 2.22. The molecule has 0 saturated carbocycles. The summed E-state index contributed by atoms with van der Waals surface area (Å²) >= 11 is 5.98. The molecule has 0 spiro atoms. The average molecular weight is 439 g/mol. The predicted molar refractivity (Wildman–Crippen MR) is 117 cm³/mol. The number of halogens is 1. The van der Waals surface area contributed by atoms with E-state index in [1.54, 1.807) is 24.4 Å². The Kier molecular flexibility index (Phi) is 6.84. The van der Waals surface area contributed by atoms with Gasteiger partial charge in [0.2, 0.25) is 0 Å². The zero-order valence-electron chi connectivity index (χ0n) is 16.8. The van der Waals surface area contributed by atoms with E-state index in [0.29, 0.717) is 27.6 Å². The van der Waals surface area contributed by atoms with Crippen LogP contribution in [-0.4, -0.2) is 40.5 Å². The van der Waals surface area contributed by atoms with E-state index in [4.69, 9.17) is 22.1 Å². The van der Waals surface area contributed by atoms with E-state index in [9.17, 15) is 9.59 Å². The zero-order chi connectivity index (χ0) is 22.4. The number of methoxy groups -OCH3 is 2. The molecule has 0 aliphatic carbocycles. The number of nitrogen functional groups attached to an aromatic ring is 1. The van der Waals surface area contributed by atoms with Crippen molar-refractivity contribution in [2.45, 2.75) is 0 Å². The minimum Gasteiger partial charge on any atom is -0.465 e. The molecule has 4 aromatic rings. The van der Waals surface area contributed by atoms with Gasteiger partial charge in [-0.1, -0.05) is 23.7 Å². The van der Waals surface area contributed by atoms with Crippen molar-refractivity contribution in [2.75, 3.05) is 20.0 Å². The van der Waals surface area contributed by atoms with E-state index in [2.05, 4.69) is 14.7 Å². The van der Waals surface area contributed by atoms with E-state index in [0.717, 1.165) is 11.3 Å². The number of nitrogens with two attached hydrogens (primary N) is 1. The van der Waals surface area contributed by atoms with Gasteiger partial charge in [-0.25, -0.2) is 19.6 Å². The molecule has 0 aliphatic rings. The molecule has 0 amide bonds. The molecule has 0 aliphatic heterocycles. The SMILES string of the molecule is COC(=O)c1ccn2cc(-c3cccc(Cl)c3)nc2c1.COC(=O)c1ccnc(N)c1. The Morgan fingerprint density at radius 2 is 1.71 bits per heavy atom. The van der Waals surface area contributed by atoms with Crippen LogP contribution in [0.3, 0.4) is 0 Å². The lowest BCUT2D eigenvalue weighted by molar-refractivity contribution is 0.0592. The van der Waals surface area contributed by atoms with Crippen LogP contribution in [0.2, 0.25) is 5.02 Å². The number of ether oxygens (including phenoxy) is 2. The normalized spacial score (nSPS) is 10.2. The summed E-state index contributed by atoms with van der Waals surface area (Å²) in [6.07, 6.45) is 5.13. The Bertz CT molecular complexity index is 1240. The van der Waals surface area contributed by atoms with Crippen molar-refractivity contribution >= 4 is 35.0 Å². The van der Waals surface area contributed by atoms with Crippen molar-refractivity contribution in [3.8, 4) is 11.3 Å². The summed E-state index contributed by atoms with van der Waals surface area (Å²) in [5.41, 5.74) is 8.64. The zero-order valence-corrected chi connectivity index (χ0v) is 17.5. The number of hydrogen-bond donors (Lipinski definition) is 1. The molecule has 0 radical (unpaired) electrons. The number of aromatic nitrogens is 3. The topological polar surface area (TPSA) is 109 Å². The van der Waals surface area contributed by atoms with Gasteiger partial charge in [0.25, 0.3) is 0 Å². The summed E-state index contributed by atoms with van der Waals surface area (Å²) in [5.74, 6) is -0.466. The number of anilines is 1. The van der Waals surface area contributed by atoms with Crippen molar-refractivity contribution < 1.29 is 19.1 Å². The van der Waals surface area contributed by atoms with Gasteiger partial charge in [-0.05, 0) is 36.4 Å². The Morgan fingerprint density at radius 1 is 1.00 bits per heavy atom. The molecule has 1 aromatic carbocycles. The number of pyridine rings is 2. The molecule has 9 heteroatoms. The molecule has 2 N–H and O–H groups in total. The lowest BCUT2D eigenvalue weighted by Gasteiger charge is -1.98. The highest BCUT2D eigenvalue weighted by atomic mass is 35.5. The summed E-state index contributed by atoms with van der Waals surface area (Å²) < 4.78 is 11.0. The number of benzene rings is 1. The van der Waals surface area contributed by atoms with Crippen molar-refractivity contribution in [3.05, 3.63) is 83.3 Å². The van der Waals surface area contributed by atoms with Gasteiger partial charge in [0, 0.05) is 29.2 Å². The van der Waals surface area contributed by atoms with Crippen molar-refractivity contribution in [1.29, 1.82) is 0 Å². The average Bonchev–Trinajstić information content (AvgIpc) is 3.22. The molecule has 158 valence electrons. The van der Waals surface area contributed by atoms with Gasteiger partial charge in [0.1, 0.15) is 11.5 Å². The Balaban J connectivity index is 0.000000210. The van der Waals surface area contributed by atoms with Gasteiger partial charge in [-0.15, -0.1) is 0 Å². The quantitative estimate of drug-likeness (QED) is 0.483. The predicted octanol–water partition coefficient (Wildman–Crippen LogP) is 3.89. The van der Waals surface area contributed by atoms with Gasteiger partial charge in [-0.2, -0.15) is 0 Å². The first-order valence-electron chi connectivity index (χ1n) is 9.04.